The number of ether oxygens (including phenoxy) is 2. The van der Waals surface area contributed by atoms with Gasteiger partial charge in [-0.15, -0.1) is 0 Å². The number of halogens is 1. The van der Waals surface area contributed by atoms with Crippen LogP contribution in [0.25, 0.3) is 0 Å². The largest absolute Gasteiger partial charge is 0.505 e. The number of phenolic OH excluding ortho intramolecular Hbond substituents is 1. The summed E-state index contributed by atoms with van der Waals surface area (Å²) in [5.41, 5.74) is 5.61. The van der Waals surface area contributed by atoms with E-state index in [1.165, 1.54) is 6.07 Å². The Morgan fingerprint density at radius 2 is 2.29 bits per heavy atom. The second-order valence-electron chi connectivity index (χ2n) is 2.96. The van der Waals surface area contributed by atoms with E-state index in [4.69, 9.17) is 15.2 Å². The number of rotatable bonds is 2. The SMILES string of the molecule is NCCc1c(F)c(O)cc2c1OCO2. The lowest BCUT2D eigenvalue weighted by atomic mass is 10.1. The Hall–Kier alpha value is -1.49. The first-order valence-corrected chi connectivity index (χ1v) is 4.24. The highest BCUT2D eigenvalue weighted by molar-refractivity contribution is 5.53. The van der Waals surface area contributed by atoms with Crippen LogP contribution >= 0.6 is 0 Å². The molecular formula is C9H10FNO3. The lowest BCUT2D eigenvalue weighted by molar-refractivity contribution is 0.173. The molecule has 0 saturated heterocycles. The third-order valence-electron chi connectivity index (χ3n) is 2.07. The Morgan fingerprint density at radius 1 is 1.50 bits per heavy atom. The van der Waals surface area contributed by atoms with Crippen molar-refractivity contribution in [3.63, 3.8) is 0 Å². The van der Waals surface area contributed by atoms with Gasteiger partial charge in [0.25, 0.3) is 0 Å². The predicted molar refractivity (Wildman–Crippen MR) is 46.9 cm³/mol. The van der Waals surface area contributed by atoms with Gasteiger partial charge in [-0.05, 0) is 13.0 Å². The fourth-order valence-corrected chi connectivity index (χ4v) is 1.44. The Labute approximate surface area is 80.0 Å². The summed E-state index contributed by atoms with van der Waals surface area (Å²) in [4.78, 5) is 0. The fraction of sp³-hybridized carbons (Fsp3) is 0.333. The molecule has 4 nitrogen and oxygen atoms in total. The first kappa shape index (κ1) is 9.08. The van der Waals surface area contributed by atoms with Crippen LogP contribution in [0.2, 0.25) is 0 Å². The second kappa shape index (κ2) is 3.34. The van der Waals surface area contributed by atoms with Crippen molar-refractivity contribution in [3.05, 3.63) is 17.4 Å². The van der Waals surface area contributed by atoms with Crippen LogP contribution in [0, 0.1) is 5.82 Å². The molecule has 1 aromatic rings. The van der Waals surface area contributed by atoms with Gasteiger partial charge in [-0.25, -0.2) is 4.39 Å². The Kier molecular flexibility index (Phi) is 2.17. The van der Waals surface area contributed by atoms with E-state index >= 15 is 0 Å². The van der Waals surface area contributed by atoms with Gasteiger partial charge in [-0.1, -0.05) is 0 Å². The predicted octanol–water partition coefficient (Wildman–Crippen LogP) is 0.761. The maximum Gasteiger partial charge on any atom is 0.231 e. The van der Waals surface area contributed by atoms with Crippen LogP contribution < -0.4 is 15.2 Å². The van der Waals surface area contributed by atoms with Crippen molar-refractivity contribution in [2.75, 3.05) is 13.3 Å². The number of nitrogens with two attached hydrogens (primary N) is 1. The first-order chi connectivity index (χ1) is 6.74. The molecule has 76 valence electrons. The van der Waals surface area contributed by atoms with Gasteiger partial charge in [-0.3, -0.25) is 0 Å². The molecule has 0 saturated carbocycles. The normalized spacial score (nSPS) is 13.3. The van der Waals surface area contributed by atoms with Crippen molar-refractivity contribution in [2.24, 2.45) is 5.73 Å². The number of benzene rings is 1. The molecule has 5 heteroatoms. The minimum absolute atomic E-state index is 0.0514. The van der Waals surface area contributed by atoms with E-state index in [9.17, 15) is 9.50 Å². The average Bonchev–Trinajstić information content (AvgIpc) is 2.60. The van der Waals surface area contributed by atoms with Gasteiger partial charge in [0.15, 0.2) is 23.1 Å². The Bertz CT molecular complexity index is 368. The second-order valence-corrected chi connectivity index (χ2v) is 2.96. The summed E-state index contributed by atoms with van der Waals surface area (Å²) in [6.07, 6.45) is 0.311. The summed E-state index contributed by atoms with van der Waals surface area (Å²) in [5.74, 6) is -0.393. The summed E-state index contributed by atoms with van der Waals surface area (Å²) in [6.45, 7) is 0.339. The van der Waals surface area contributed by atoms with Crippen molar-refractivity contribution < 1.29 is 19.0 Å². The average molecular weight is 199 g/mol. The van der Waals surface area contributed by atoms with E-state index < -0.39 is 11.6 Å². The number of hydrogen-bond donors (Lipinski definition) is 2. The summed E-state index contributed by atoms with van der Waals surface area (Å²) in [6, 6.07) is 1.21. The summed E-state index contributed by atoms with van der Waals surface area (Å²) < 4.78 is 23.5. The van der Waals surface area contributed by atoms with Crippen LogP contribution in [0.1, 0.15) is 5.56 Å². The minimum Gasteiger partial charge on any atom is -0.505 e. The Balaban J connectivity index is 2.54. The molecule has 0 amide bonds. The summed E-state index contributed by atoms with van der Waals surface area (Å²) in [7, 11) is 0. The molecule has 1 heterocycles. The third kappa shape index (κ3) is 1.26. The first-order valence-electron chi connectivity index (χ1n) is 4.24. The molecule has 2 rings (SSSR count). The van der Waals surface area contributed by atoms with Gasteiger partial charge in [0.05, 0.1) is 0 Å². The Morgan fingerprint density at radius 3 is 3.00 bits per heavy atom. The van der Waals surface area contributed by atoms with Crippen LogP contribution in [0.5, 0.6) is 17.2 Å². The highest BCUT2D eigenvalue weighted by Crippen LogP contribution is 2.41. The fourth-order valence-electron chi connectivity index (χ4n) is 1.44. The van der Waals surface area contributed by atoms with Crippen molar-refractivity contribution in [2.45, 2.75) is 6.42 Å². The zero-order valence-corrected chi connectivity index (χ0v) is 7.42. The lowest BCUT2D eigenvalue weighted by Gasteiger charge is -2.07. The number of fused-ring (bicyclic) bond motifs is 1. The molecule has 1 aliphatic heterocycles. The number of hydrogen-bond acceptors (Lipinski definition) is 4. The van der Waals surface area contributed by atoms with Crippen LogP contribution in [0.3, 0.4) is 0 Å². The minimum atomic E-state index is -0.681. The number of phenols is 1. The molecule has 0 fully saturated rings. The molecule has 14 heavy (non-hydrogen) atoms. The van der Waals surface area contributed by atoms with Crippen LogP contribution in [0.4, 0.5) is 4.39 Å². The monoisotopic (exact) mass is 199 g/mol. The standard InChI is InChI=1S/C9H10FNO3/c10-8-5(1-2-11)9-7(3-6(8)12)13-4-14-9/h3,12H,1-2,4,11H2. The molecule has 3 N–H and O–H groups in total. The maximum atomic E-state index is 13.4. The van der Waals surface area contributed by atoms with Crippen molar-refractivity contribution in [1.29, 1.82) is 0 Å². The topological polar surface area (TPSA) is 64.7 Å². The van der Waals surface area contributed by atoms with E-state index in [2.05, 4.69) is 0 Å². The van der Waals surface area contributed by atoms with Gasteiger partial charge >= 0.3 is 0 Å². The van der Waals surface area contributed by atoms with E-state index in [1.807, 2.05) is 0 Å². The van der Waals surface area contributed by atoms with Crippen LogP contribution in [-0.4, -0.2) is 18.4 Å². The van der Waals surface area contributed by atoms with E-state index in [-0.39, 0.29) is 18.9 Å². The van der Waals surface area contributed by atoms with Gasteiger partial charge in [0.1, 0.15) is 0 Å². The number of aromatic hydroxyl groups is 1. The van der Waals surface area contributed by atoms with Crippen LogP contribution in [-0.2, 0) is 6.42 Å². The van der Waals surface area contributed by atoms with Crippen molar-refractivity contribution >= 4 is 0 Å². The van der Waals surface area contributed by atoms with Gasteiger partial charge in [0, 0.05) is 11.6 Å². The molecule has 1 aromatic carbocycles. The molecule has 1 aliphatic rings. The zero-order valence-electron chi connectivity index (χ0n) is 7.42. The molecule has 0 radical (unpaired) electrons. The third-order valence-corrected chi connectivity index (χ3v) is 2.07. The van der Waals surface area contributed by atoms with E-state index in [1.54, 1.807) is 0 Å². The molecular weight excluding hydrogens is 189 g/mol. The van der Waals surface area contributed by atoms with Gasteiger partial charge in [0.2, 0.25) is 6.79 Å². The highest BCUT2D eigenvalue weighted by atomic mass is 19.1. The maximum absolute atomic E-state index is 13.4. The van der Waals surface area contributed by atoms with Gasteiger partial charge in [-0.2, -0.15) is 0 Å². The van der Waals surface area contributed by atoms with Crippen LogP contribution in [0.15, 0.2) is 6.07 Å². The van der Waals surface area contributed by atoms with Gasteiger partial charge < -0.3 is 20.3 Å². The van der Waals surface area contributed by atoms with Crippen molar-refractivity contribution in [3.8, 4) is 17.2 Å². The quantitative estimate of drug-likeness (QED) is 0.738. The molecule has 0 aromatic heterocycles. The zero-order chi connectivity index (χ0) is 10.1. The van der Waals surface area contributed by atoms with Crippen molar-refractivity contribution in [1.82, 2.24) is 0 Å². The molecule has 0 atom stereocenters. The molecule has 0 spiro atoms. The molecule has 0 unspecified atom stereocenters. The summed E-state index contributed by atoms with van der Waals surface area (Å²) >= 11 is 0. The molecule has 0 bridgehead atoms. The smallest absolute Gasteiger partial charge is 0.231 e. The summed E-state index contributed by atoms with van der Waals surface area (Å²) in [5, 5.41) is 9.24. The molecule has 0 aliphatic carbocycles. The highest BCUT2D eigenvalue weighted by Gasteiger charge is 2.23. The van der Waals surface area contributed by atoms with E-state index in [0.29, 0.717) is 17.9 Å². The lowest BCUT2D eigenvalue weighted by Crippen LogP contribution is -2.05. The van der Waals surface area contributed by atoms with E-state index in [0.717, 1.165) is 0 Å².